The quantitative estimate of drug-likeness (QED) is 0.850. The van der Waals surface area contributed by atoms with E-state index in [1.807, 2.05) is 6.92 Å². The normalized spacial score (nSPS) is 10.3. The van der Waals surface area contributed by atoms with Gasteiger partial charge in [0, 0.05) is 12.6 Å². The van der Waals surface area contributed by atoms with Crippen LogP contribution < -0.4 is 10.6 Å². The van der Waals surface area contributed by atoms with Gasteiger partial charge < -0.3 is 20.1 Å². The van der Waals surface area contributed by atoms with Gasteiger partial charge in [0.05, 0.1) is 5.69 Å². The number of urea groups is 1. The summed E-state index contributed by atoms with van der Waals surface area (Å²) < 4.78 is 18.5. The number of benzene rings is 1. The summed E-state index contributed by atoms with van der Waals surface area (Å²) >= 11 is 0. The predicted molar refractivity (Wildman–Crippen MR) is 87.2 cm³/mol. The number of hydrogen-bond acceptors (Lipinski definition) is 4. The molecule has 7 nitrogen and oxygen atoms in total. The summed E-state index contributed by atoms with van der Waals surface area (Å²) in [6.45, 7) is 3.75. The van der Waals surface area contributed by atoms with Crippen molar-refractivity contribution in [1.29, 1.82) is 0 Å². The van der Waals surface area contributed by atoms with E-state index in [0.717, 1.165) is 0 Å². The van der Waals surface area contributed by atoms with E-state index in [2.05, 4.69) is 15.8 Å². The molecule has 8 heteroatoms. The lowest BCUT2D eigenvalue weighted by atomic mass is 10.3. The first-order valence-corrected chi connectivity index (χ1v) is 7.53. The molecule has 24 heavy (non-hydrogen) atoms. The van der Waals surface area contributed by atoms with Gasteiger partial charge >= 0.3 is 6.03 Å². The highest BCUT2D eigenvalue weighted by Gasteiger charge is 2.18. The van der Waals surface area contributed by atoms with E-state index in [1.165, 1.54) is 23.1 Å². The molecular weight excluding hydrogens is 315 g/mol. The standard InChI is InChI=1S/C16H19FN4O3/c1-3-8-21(10-15(22)19-14-9-11(2)24-20-14)16(23)18-13-7-5-4-6-12(13)17/h4-7,9H,3,8,10H2,1-2H3,(H,18,23)(H,19,20,22). The van der Waals surface area contributed by atoms with Crippen LogP contribution >= 0.6 is 0 Å². The van der Waals surface area contributed by atoms with Crippen molar-refractivity contribution in [2.75, 3.05) is 23.7 Å². The molecule has 0 spiro atoms. The van der Waals surface area contributed by atoms with Crippen LogP contribution in [0.4, 0.5) is 20.7 Å². The van der Waals surface area contributed by atoms with E-state index in [-0.39, 0.29) is 18.1 Å². The lowest BCUT2D eigenvalue weighted by Gasteiger charge is -2.21. The lowest BCUT2D eigenvalue weighted by molar-refractivity contribution is -0.116. The summed E-state index contributed by atoms with van der Waals surface area (Å²) in [6, 6.07) is 6.87. The Morgan fingerprint density at radius 2 is 2.04 bits per heavy atom. The summed E-state index contributed by atoms with van der Waals surface area (Å²) in [6.07, 6.45) is 0.654. The number of carbonyl (C=O) groups is 2. The topological polar surface area (TPSA) is 87.5 Å². The Labute approximate surface area is 138 Å². The highest BCUT2D eigenvalue weighted by Crippen LogP contribution is 2.13. The van der Waals surface area contributed by atoms with Crippen molar-refractivity contribution in [3.8, 4) is 0 Å². The summed E-state index contributed by atoms with van der Waals surface area (Å²) in [7, 11) is 0. The molecule has 2 rings (SSSR count). The second kappa shape index (κ2) is 8.09. The van der Waals surface area contributed by atoms with E-state index < -0.39 is 17.8 Å². The molecule has 0 radical (unpaired) electrons. The summed E-state index contributed by atoms with van der Waals surface area (Å²) in [4.78, 5) is 25.6. The van der Waals surface area contributed by atoms with Gasteiger partial charge in [0.2, 0.25) is 5.91 Å². The molecule has 1 heterocycles. The van der Waals surface area contributed by atoms with Crippen molar-refractivity contribution in [3.63, 3.8) is 0 Å². The Morgan fingerprint density at radius 1 is 1.29 bits per heavy atom. The Hall–Kier alpha value is -2.90. The maximum atomic E-state index is 13.6. The Bertz CT molecular complexity index is 717. The lowest BCUT2D eigenvalue weighted by Crippen LogP contribution is -2.41. The van der Waals surface area contributed by atoms with Gasteiger partial charge in [-0.25, -0.2) is 9.18 Å². The number of aryl methyl sites for hydroxylation is 1. The Kier molecular flexibility index (Phi) is 5.89. The van der Waals surface area contributed by atoms with Gasteiger partial charge in [-0.05, 0) is 25.5 Å². The van der Waals surface area contributed by atoms with Gasteiger partial charge in [-0.15, -0.1) is 0 Å². The molecule has 0 fully saturated rings. The maximum absolute atomic E-state index is 13.6. The molecule has 0 saturated carbocycles. The number of amides is 3. The van der Waals surface area contributed by atoms with Gasteiger partial charge in [0.25, 0.3) is 0 Å². The van der Waals surface area contributed by atoms with E-state index in [4.69, 9.17) is 4.52 Å². The Morgan fingerprint density at radius 3 is 2.67 bits per heavy atom. The molecule has 2 N–H and O–H groups in total. The van der Waals surface area contributed by atoms with Crippen LogP contribution in [0.1, 0.15) is 19.1 Å². The third-order valence-corrected chi connectivity index (χ3v) is 3.13. The first-order valence-electron chi connectivity index (χ1n) is 7.53. The highest BCUT2D eigenvalue weighted by atomic mass is 19.1. The SMILES string of the molecule is CCCN(CC(=O)Nc1cc(C)on1)C(=O)Nc1ccccc1F. The maximum Gasteiger partial charge on any atom is 0.322 e. The van der Waals surface area contributed by atoms with Gasteiger partial charge in [0.15, 0.2) is 5.82 Å². The first-order chi connectivity index (χ1) is 11.5. The number of para-hydroxylation sites is 1. The predicted octanol–water partition coefficient (Wildman–Crippen LogP) is 3.00. The number of nitrogens with zero attached hydrogens (tertiary/aromatic N) is 2. The second-order valence-corrected chi connectivity index (χ2v) is 5.20. The average Bonchev–Trinajstić information content (AvgIpc) is 2.94. The van der Waals surface area contributed by atoms with E-state index in [0.29, 0.717) is 18.7 Å². The van der Waals surface area contributed by atoms with Crippen LogP contribution in [0.2, 0.25) is 0 Å². The smallest absolute Gasteiger partial charge is 0.322 e. The molecule has 0 aliphatic carbocycles. The molecule has 2 aromatic rings. The van der Waals surface area contributed by atoms with Crippen molar-refractivity contribution in [3.05, 3.63) is 41.9 Å². The van der Waals surface area contributed by atoms with Crippen LogP contribution in [0.15, 0.2) is 34.9 Å². The van der Waals surface area contributed by atoms with Gasteiger partial charge in [-0.3, -0.25) is 4.79 Å². The molecule has 0 unspecified atom stereocenters. The zero-order valence-electron chi connectivity index (χ0n) is 13.5. The number of carbonyl (C=O) groups excluding carboxylic acids is 2. The zero-order valence-corrected chi connectivity index (χ0v) is 13.5. The van der Waals surface area contributed by atoms with Crippen LogP contribution in [0.5, 0.6) is 0 Å². The van der Waals surface area contributed by atoms with Crippen molar-refractivity contribution in [2.24, 2.45) is 0 Å². The summed E-state index contributed by atoms with van der Waals surface area (Å²) in [5, 5.41) is 8.67. The molecule has 128 valence electrons. The van der Waals surface area contributed by atoms with Crippen molar-refractivity contribution >= 4 is 23.4 Å². The van der Waals surface area contributed by atoms with Gasteiger partial charge in [-0.1, -0.05) is 24.2 Å². The number of nitrogens with one attached hydrogen (secondary N) is 2. The fourth-order valence-corrected chi connectivity index (χ4v) is 2.06. The molecule has 3 amide bonds. The third kappa shape index (κ3) is 4.80. The number of rotatable bonds is 6. The number of anilines is 2. The fourth-order valence-electron chi connectivity index (χ4n) is 2.06. The molecule has 0 saturated heterocycles. The Balaban J connectivity index is 1.98. The summed E-state index contributed by atoms with van der Waals surface area (Å²) in [5.41, 5.74) is 0.0659. The summed E-state index contributed by atoms with van der Waals surface area (Å²) in [5.74, 6) is -0.110. The average molecular weight is 334 g/mol. The fraction of sp³-hybridized carbons (Fsp3) is 0.312. The molecule has 1 aromatic heterocycles. The molecule has 0 atom stereocenters. The van der Waals surface area contributed by atoms with Crippen molar-refractivity contribution < 1.29 is 18.5 Å². The second-order valence-electron chi connectivity index (χ2n) is 5.20. The van der Waals surface area contributed by atoms with Crippen LogP contribution in [0.25, 0.3) is 0 Å². The third-order valence-electron chi connectivity index (χ3n) is 3.13. The first kappa shape index (κ1) is 17.5. The highest BCUT2D eigenvalue weighted by molar-refractivity contribution is 5.96. The van der Waals surface area contributed by atoms with Gasteiger partial charge in [0.1, 0.15) is 18.1 Å². The van der Waals surface area contributed by atoms with Gasteiger partial charge in [-0.2, -0.15) is 0 Å². The number of aromatic nitrogens is 1. The van der Waals surface area contributed by atoms with Crippen LogP contribution in [-0.2, 0) is 4.79 Å². The van der Waals surface area contributed by atoms with Crippen LogP contribution in [0.3, 0.4) is 0 Å². The molecule has 0 aliphatic rings. The minimum atomic E-state index is -0.548. The van der Waals surface area contributed by atoms with Crippen LogP contribution in [0, 0.1) is 12.7 Å². The van der Waals surface area contributed by atoms with E-state index in [1.54, 1.807) is 19.1 Å². The largest absolute Gasteiger partial charge is 0.360 e. The zero-order chi connectivity index (χ0) is 17.5. The minimum absolute atomic E-state index is 0.0659. The van der Waals surface area contributed by atoms with Crippen molar-refractivity contribution in [2.45, 2.75) is 20.3 Å². The monoisotopic (exact) mass is 334 g/mol. The molecule has 0 bridgehead atoms. The van der Waals surface area contributed by atoms with Crippen molar-refractivity contribution in [1.82, 2.24) is 10.1 Å². The van der Waals surface area contributed by atoms with E-state index >= 15 is 0 Å². The minimum Gasteiger partial charge on any atom is -0.360 e. The molecule has 1 aromatic carbocycles. The number of halogens is 1. The molecule has 0 aliphatic heterocycles. The van der Waals surface area contributed by atoms with Crippen LogP contribution in [-0.4, -0.2) is 35.1 Å². The number of hydrogen-bond donors (Lipinski definition) is 2. The molecular formula is C16H19FN4O3. The van der Waals surface area contributed by atoms with E-state index in [9.17, 15) is 14.0 Å².